The van der Waals surface area contributed by atoms with Gasteiger partial charge < -0.3 is 15.6 Å². The number of phenolic OH excluding ortho intramolecular Hbond substituents is 1. The summed E-state index contributed by atoms with van der Waals surface area (Å²) in [5.74, 6) is -0.674. The van der Waals surface area contributed by atoms with Gasteiger partial charge in [0.2, 0.25) is 0 Å². The fourth-order valence-electron chi connectivity index (χ4n) is 1.61. The number of sulfonamides is 1. The molecule has 0 unspecified atom stereocenters. The van der Waals surface area contributed by atoms with Crippen LogP contribution in [0.3, 0.4) is 0 Å². The van der Waals surface area contributed by atoms with Gasteiger partial charge in [-0.3, -0.25) is 4.72 Å². The summed E-state index contributed by atoms with van der Waals surface area (Å²) in [4.78, 5) is -0.194. The van der Waals surface area contributed by atoms with E-state index in [-0.39, 0.29) is 22.0 Å². The van der Waals surface area contributed by atoms with E-state index in [1.807, 2.05) is 0 Å². The molecule has 6 nitrogen and oxygen atoms in total. The van der Waals surface area contributed by atoms with Crippen molar-refractivity contribution in [2.75, 3.05) is 17.6 Å². The highest BCUT2D eigenvalue weighted by Crippen LogP contribution is 2.27. The third-order valence-corrected chi connectivity index (χ3v) is 4.09. The van der Waals surface area contributed by atoms with Gasteiger partial charge in [0.15, 0.2) is 0 Å². The van der Waals surface area contributed by atoms with Crippen molar-refractivity contribution in [3.8, 4) is 11.5 Å². The molecule has 0 fully saturated rings. The predicted molar refractivity (Wildman–Crippen MR) is 76.3 cm³/mol. The maximum Gasteiger partial charge on any atom is 0.262 e. The number of rotatable bonds is 4. The van der Waals surface area contributed by atoms with Crippen LogP contribution in [0, 0.1) is 5.82 Å². The molecule has 0 aromatic heterocycles. The molecule has 0 aliphatic rings. The maximum atomic E-state index is 13.6. The molecular formula is C13H13FN2O4S. The summed E-state index contributed by atoms with van der Waals surface area (Å²) in [6, 6.07) is 7.05. The number of halogens is 1. The van der Waals surface area contributed by atoms with Gasteiger partial charge in [-0.05, 0) is 30.3 Å². The molecule has 112 valence electrons. The first kappa shape index (κ1) is 14.9. The molecule has 8 heteroatoms. The first-order chi connectivity index (χ1) is 9.83. The Hall–Kier alpha value is -2.48. The second-order valence-electron chi connectivity index (χ2n) is 4.17. The second kappa shape index (κ2) is 5.49. The summed E-state index contributed by atoms with van der Waals surface area (Å²) in [5, 5.41) is 9.29. The van der Waals surface area contributed by atoms with Crippen molar-refractivity contribution in [1.82, 2.24) is 0 Å². The lowest BCUT2D eigenvalue weighted by Gasteiger charge is -2.11. The number of hydrogen-bond acceptors (Lipinski definition) is 5. The average Bonchev–Trinajstić information content (AvgIpc) is 2.44. The van der Waals surface area contributed by atoms with Crippen LogP contribution in [-0.4, -0.2) is 20.6 Å². The number of aromatic hydroxyl groups is 1. The van der Waals surface area contributed by atoms with E-state index < -0.39 is 15.8 Å². The van der Waals surface area contributed by atoms with E-state index in [0.717, 1.165) is 24.3 Å². The molecule has 0 radical (unpaired) electrons. The molecule has 2 aromatic rings. The molecule has 0 atom stereocenters. The van der Waals surface area contributed by atoms with Crippen LogP contribution in [0.15, 0.2) is 41.3 Å². The van der Waals surface area contributed by atoms with Gasteiger partial charge in [0.05, 0.1) is 23.4 Å². The van der Waals surface area contributed by atoms with Gasteiger partial charge in [0.1, 0.15) is 17.3 Å². The fraction of sp³-hybridized carbons (Fsp3) is 0.0769. The number of ether oxygens (including phenoxy) is 1. The zero-order valence-electron chi connectivity index (χ0n) is 11.0. The number of anilines is 2. The SMILES string of the molecule is COc1ccc(F)c(NS(=O)(=O)c2ccc(O)c(N)c2)c1. The van der Waals surface area contributed by atoms with Gasteiger partial charge >= 0.3 is 0 Å². The topological polar surface area (TPSA) is 102 Å². The molecule has 0 spiro atoms. The van der Waals surface area contributed by atoms with Gasteiger partial charge in [-0.15, -0.1) is 0 Å². The minimum absolute atomic E-state index is 0.0935. The van der Waals surface area contributed by atoms with E-state index in [0.29, 0.717) is 5.75 Å². The highest BCUT2D eigenvalue weighted by atomic mass is 32.2. The molecule has 2 rings (SSSR count). The first-order valence-electron chi connectivity index (χ1n) is 5.78. The van der Waals surface area contributed by atoms with E-state index in [9.17, 15) is 17.9 Å². The first-order valence-corrected chi connectivity index (χ1v) is 7.26. The lowest BCUT2D eigenvalue weighted by molar-refractivity contribution is 0.414. The predicted octanol–water partition coefficient (Wildman–Crippen LogP) is 1.92. The normalized spacial score (nSPS) is 11.1. The Bertz CT molecular complexity index is 778. The van der Waals surface area contributed by atoms with Crippen LogP contribution in [0.25, 0.3) is 0 Å². The molecule has 0 aliphatic carbocycles. The van der Waals surface area contributed by atoms with Crippen LogP contribution in [-0.2, 0) is 10.0 Å². The second-order valence-corrected chi connectivity index (χ2v) is 5.85. The van der Waals surface area contributed by atoms with Crippen LogP contribution < -0.4 is 15.2 Å². The van der Waals surface area contributed by atoms with Crippen molar-refractivity contribution in [2.24, 2.45) is 0 Å². The molecule has 0 amide bonds. The lowest BCUT2D eigenvalue weighted by Crippen LogP contribution is -2.14. The number of benzene rings is 2. The molecule has 0 aliphatic heterocycles. The third-order valence-electron chi connectivity index (χ3n) is 2.73. The van der Waals surface area contributed by atoms with Crippen LogP contribution in [0.5, 0.6) is 11.5 Å². The van der Waals surface area contributed by atoms with E-state index in [1.165, 1.54) is 19.2 Å². The highest BCUT2D eigenvalue weighted by molar-refractivity contribution is 7.92. The highest BCUT2D eigenvalue weighted by Gasteiger charge is 2.18. The fourth-order valence-corrected chi connectivity index (χ4v) is 2.71. The Kier molecular flexibility index (Phi) is 3.90. The van der Waals surface area contributed by atoms with Crippen molar-refractivity contribution >= 4 is 21.4 Å². The Morgan fingerprint density at radius 3 is 2.57 bits per heavy atom. The molecular weight excluding hydrogens is 299 g/mol. The van der Waals surface area contributed by atoms with E-state index in [4.69, 9.17) is 10.5 Å². The van der Waals surface area contributed by atoms with Crippen molar-refractivity contribution in [2.45, 2.75) is 4.90 Å². The Labute approximate surface area is 121 Å². The molecule has 0 saturated heterocycles. The van der Waals surface area contributed by atoms with Crippen molar-refractivity contribution in [3.63, 3.8) is 0 Å². The van der Waals surface area contributed by atoms with Crippen LogP contribution in [0.1, 0.15) is 0 Å². The standard InChI is InChI=1S/C13H13FN2O4S/c1-20-8-2-4-10(14)12(6-8)16-21(18,19)9-3-5-13(17)11(15)7-9/h2-7,16-17H,15H2,1H3. The summed E-state index contributed by atoms with van der Waals surface area (Å²) in [7, 11) is -2.66. The molecule has 4 N–H and O–H groups in total. The summed E-state index contributed by atoms with van der Waals surface area (Å²) in [6.45, 7) is 0. The number of nitrogens with one attached hydrogen (secondary N) is 1. The minimum Gasteiger partial charge on any atom is -0.506 e. The zero-order chi connectivity index (χ0) is 15.6. The monoisotopic (exact) mass is 312 g/mol. The van der Waals surface area contributed by atoms with Gasteiger partial charge in [-0.25, -0.2) is 12.8 Å². The van der Waals surface area contributed by atoms with E-state index in [1.54, 1.807) is 0 Å². The summed E-state index contributed by atoms with van der Waals surface area (Å²) in [5.41, 5.74) is 5.11. The minimum atomic E-state index is -4.04. The van der Waals surface area contributed by atoms with E-state index in [2.05, 4.69) is 4.72 Å². The summed E-state index contributed by atoms with van der Waals surface area (Å²) >= 11 is 0. The van der Waals surface area contributed by atoms with Gasteiger partial charge in [-0.2, -0.15) is 0 Å². The summed E-state index contributed by atoms with van der Waals surface area (Å²) < 4.78 is 45.0. The Morgan fingerprint density at radius 2 is 1.95 bits per heavy atom. The van der Waals surface area contributed by atoms with Crippen LogP contribution in [0.4, 0.5) is 15.8 Å². The van der Waals surface area contributed by atoms with Gasteiger partial charge in [0, 0.05) is 6.07 Å². The van der Waals surface area contributed by atoms with Crippen molar-refractivity contribution in [3.05, 3.63) is 42.2 Å². The zero-order valence-corrected chi connectivity index (χ0v) is 11.8. The quantitative estimate of drug-likeness (QED) is 0.591. The molecule has 2 aromatic carbocycles. The Balaban J connectivity index is 2.39. The molecule has 0 saturated carbocycles. The number of nitrogens with two attached hydrogens (primary N) is 1. The van der Waals surface area contributed by atoms with Crippen LogP contribution >= 0.6 is 0 Å². The van der Waals surface area contributed by atoms with Gasteiger partial charge in [0.25, 0.3) is 10.0 Å². The van der Waals surface area contributed by atoms with Crippen molar-refractivity contribution < 1.29 is 22.7 Å². The number of nitrogen functional groups attached to an aromatic ring is 1. The number of methoxy groups -OCH3 is 1. The van der Waals surface area contributed by atoms with E-state index >= 15 is 0 Å². The van der Waals surface area contributed by atoms with Gasteiger partial charge in [-0.1, -0.05) is 0 Å². The van der Waals surface area contributed by atoms with Crippen LogP contribution in [0.2, 0.25) is 0 Å². The molecule has 0 heterocycles. The maximum absolute atomic E-state index is 13.6. The molecule has 0 bridgehead atoms. The lowest BCUT2D eigenvalue weighted by atomic mass is 10.3. The van der Waals surface area contributed by atoms with Crippen molar-refractivity contribution in [1.29, 1.82) is 0 Å². The number of phenols is 1. The summed E-state index contributed by atoms with van der Waals surface area (Å²) in [6.07, 6.45) is 0. The Morgan fingerprint density at radius 1 is 1.24 bits per heavy atom. The largest absolute Gasteiger partial charge is 0.506 e. The smallest absolute Gasteiger partial charge is 0.262 e. The third kappa shape index (κ3) is 3.16. The average molecular weight is 312 g/mol. The molecule has 21 heavy (non-hydrogen) atoms. The number of hydrogen-bond donors (Lipinski definition) is 3.